The monoisotopic (exact) mass is 356 g/mol. The zero-order valence-electron chi connectivity index (χ0n) is 15.4. The van der Waals surface area contributed by atoms with E-state index >= 15 is 0 Å². The molecule has 0 bridgehead atoms. The van der Waals surface area contributed by atoms with Gasteiger partial charge < -0.3 is 14.4 Å². The molecule has 140 valence electrons. The average Bonchev–Trinajstić information content (AvgIpc) is 3.24. The summed E-state index contributed by atoms with van der Waals surface area (Å²) in [5, 5.41) is 0. The van der Waals surface area contributed by atoms with Crippen LogP contribution in [0, 0.1) is 5.92 Å². The van der Waals surface area contributed by atoms with Crippen molar-refractivity contribution in [1.29, 1.82) is 0 Å². The molecule has 1 amide bonds. The number of nitrogens with zero attached hydrogens (tertiary/aromatic N) is 2. The van der Waals surface area contributed by atoms with Gasteiger partial charge >= 0.3 is 0 Å². The van der Waals surface area contributed by atoms with Crippen LogP contribution in [-0.4, -0.2) is 55.3 Å². The highest BCUT2D eigenvalue weighted by Gasteiger charge is 2.47. The van der Waals surface area contributed by atoms with E-state index in [2.05, 4.69) is 21.9 Å². The van der Waals surface area contributed by atoms with Gasteiger partial charge in [0.15, 0.2) is 0 Å². The highest BCUT2D eigenvalue weighted by atomic mass is 16.5. The molecule has 3 aliphatic heterocycles. The molecular weight excluding hydrogens is 328 g/mol. The molecule has 5 rings (SSSR count). The lowest BCUT2D eigenvalue weighted by Gasteiger charge is -2.37. The number of amides is 1. The summed E-state index contributed by atoms with van der Waals surface area (Å²) in [6.45, 7) is 4.89. The van der Waals surface area contributed by atoms with Gasteiger partial charge in [-0.15, -0.1) is 0 Å². The lowest BCUT2D eigenvalue weighted by Crippen LogP contribution is -2.53. The summed E-state index contributed by atoms with van der Waals surface area (Å²) in [7, 11) is 0. The number of benzene rings is 1. The van der Waals surface area contributed by atoms with Crippen molar-refractivity contribution < 1.29 is 14.3 Å². The van der Waals surface area contributed by atoms with Gasteiger partial charge in [0.05, 0.1) is 32.4 Å². The number of carbonyl (C=O) groups is 1. The quantitative estimate of drug-likeness (QED) is 0.817. The van der Waals surface area contributed by atoms with Crippen LogP contribution in [0.5, 0.6) is 0 Å². The molecule has 5 nitrogen and oxygen atoms in total. The first-order valence-corrected chi connectivity index (χ1v) is 10.1. The van der Waals surface area contributed by atoms with Gasteiger partial charge in [0.1, 0.15) is 5.60 Å². The van der Waals surface area contributed by atoms with Crippen LogP contribution < -0.4 is 4.90 Å². The number of para-hydroxylation sites is 1. The Kier molecular flexibility index (Phi) is 4.26. The standard InChI is InChI=1S/C21H28N2O3/c24-20(16-5-1-2-6-16)23-15-21(9-10-22(14-21)18-12-25-13-18)26-11-17-7-3-4-8-19(17)23/h3-4,7-8,16,18H,1-2,5-6,9-15H2. The highest BCUT2D eigenvalue weighted by molar-refractivity contribution is 5.96. The topological polar surface area (TPSA) is 42.0 Å². The Morgan fingerprint density at radius 3 is 2.69 bits per heavy atom. The Balaban J connectivity index is 1.43. The number of hydrogen-bond donors (Lipinski definition) is 0. The van der Waals surface area contributed by atoms with E-state index in [0.717, 1.165) is 56.8 Å². The predicted octanol–water partition coefficient (Wildman–Crippen LogP) is 2.58. The van der Waals surface area contributed by atoms with E-state index < -0.39 is 0 Å². The number of hydrogen-bond acceptors (Lipinski definition) is 4. The Hall–Kier alpha value is -1.43. The maximum atomic E-state index is 13.4. The molecule has 0 aromatic heterocycles. The second-order valence-corrected chi connectivity index (χ2v) is 8.42. The average molecular weight is 356 g/mol. The molecule has 3 heterocycles. The van der Waals surface area contributed by atoms with Gasteiger partial charge in [-0.2, -0.15) is 0 Å². The van der Waals surface area contributed by atoms with E-state index in [1.54, 1.807) is 0 Å². The van der Waals surface area contributed by atoms with Gasteiger partial charge in [-0.1, -0.05) is 31.0 Å². The van der Waals surface area contributed by atoms with Gasteiger partial charge in [0.25, 0.3) is 0 Å². The van der Waals surface area contributed by atoms with Crippen LogP contribution in [0.4, 0.5) is 5.69 Å². The predicted molar refractivity (Wildman–Crippen MR) is 99.1 cm³/mol. The zero-order valence-corrected chi connectivity index (χ0v) is 15.4. The minimum absolute atomic E-state index is 0.191. The second kappa shape index (κ2) is 6.63. The van der Waals surface area contributed by atoms with Crippen LogP contribution in [0.2, 0.25) is 0 Å². The molecule has 4 aliphatic rings. The Morgan fingerprint density at radius 2 is 1.92 bits per heavy atom. The molecule has 1 aromatic carbocycles. The molecule has 26 heavy (non-hydrogen) atoms. The molecule has 1 aromatic rings. The van der Waals surface area contributed by atoms with Gasteiger partial charge in [-0.3, -0.25) is 9.69 Å². The Bertz CT molecular complexity index is 684. The first kappa shape index (κ1) is 16.7. The summed E-state index contributed by atoms with van der Waals surface area (Å²) in [6.07, 6.45) is 5.44. The van der Waals surface area contributed by atoms with Crippen molar-refractivity contribution in [3.63, 3.8) is 0 Å². The fraction of sp³-hybridized carbons (Fsp3) is 0.667. The van der Waals surface area contributed by atoms with Gasteiger partial charge in [0, 0.05) is 30.3 Å². The normalized spacial score (nSPS) is 30.4. The van der Waals surface area contributed by atoms with Crippen molar-refractivity contribution >= 4 is 11.6 Å². The first-order chi connectivity index (χ1) is 12.7. The lowest BCUT2D eigenvalue weighted by molar-refractivity contribution is -0.123. The first-order valence-electron chi connectivity index (χ1n) is 10.1. The summed E-state index contributed by atoms with van der Waals surface area (Å²) >= 11 is 0. The molecule has 0 N–H and O–H groups in total. The number of ether oxygens (including phenoxy) is 2. The SMILES string of the molecule is O=C(C1CCCC1)N1CC2(CCN(C3COC3)C2)OCc2ccccc21. The molecule has 3 fully saturated rings. The van der Waals surface area contributed by atoms with Crippen LogP contribution in [0.15, 0.2) is 24.3 Å². The summed E-state index contributed by atoms with van der Waals surface area (Å²) in [6, 6.07) is 8.82. The minimum atomic E-state index is -0.247. The van der Waals surface area contributed by atoms with Crippen LogP contribution in [-0.2, 0) is 20.9 Å². The van der Waals surface area contributed by atoms with E-state index in [1.807, 2.05) is 12.1 Å². The van der Waals surface area contributed by atoms with Gasteiger partial charge in [-0.05, 0) is 25.3 Å². The molecule has 1 unspecified atom stereocenters. The number of carbonyl (C=O) groups excluding carboxylic acids is 1. The van der Waals surface area contributed by atoms with E-state index in [-0.39, 0.29) is 11.5 Å². The second-order valence-electron chi connectivity index (χ2n) is 8.42. The van der Waals surface area contributed by atoms with E-state index in [0.29, 0.717) is 25.1 Å². The van der Waals surface area contributed by atoms with E-state index in [9.17, 15) is 4.79 Å². The lowest BCUT2D eigenvalue weighted by atomic mass is 9.99. The fourth-order valence-corrected chi connectivity index (χ4v) is 5.00. The number of rotatable bonds is 2. The maximum Gasteiger partial charge on any atom is 0.230 e. The third kappa shape index (κ3) is 2.86. The molecule has 1 aliphatic carbocycles. The molecular formula is C21H28N2O3. The van der Waals surface area contributed by atoms with Crippen molar-refractivity contribution in [2.75, 3.05) is 37.7 Å². The van der Waals surface area contributed by atoms with Gasteiger partial charge in [0.2, 0.25) is 5.91 Å². The van der Waals surface area contributed by atoms with Crippen LogP contribution in [0.1, 0.15) is 37.7 Å². The Morgan fingerprint density at radius 1 is 1.12 bits per heavy atom. The molecule has 1 atom stereocenters. The van der Waals surface area contributed by atoms with E-state index in [1.165, 1.54) is 12.8 Å². The van der Waals surface area contributed by atoms with Crippen molar-refractivity contribution in [3.8, 4) is 0 Å². The molecule has 1 spiro atoms. The van der Waals surface area contributed by atoms with Crippen LogP contribution in [0.25, 0.3) is 0 Å². The third-order valence-electron chi connectivity index (χ3n) is 6.72. The maximum absolute atomic E-state index is 13.4. The summed E-state index contributed by atoms with van der Waals surface area (Å²) in [4.78, 5) is 17.9. The highest BCUT2D eigenvalue weighted by Crippen LogP contribution is 2.38. The van der Waals surface area contributed by atoms with Crippen molar-refractivity contribution in [3.05, 3.63) is 29.8 Å². The van der Waals surface area contributed by atoms with Gasteiger partial charge in [-0.25, -0.2) is 0 Å². The summed E-state index contributed by atoms with van der Waals surface area (Å²) in [5.41, 5.74) is 1.95. The number of fused-ring (bicyclic) bond motifs is 1. The Labute approximate surface area is 155 Å². The van der Waals surface area contributed by atoms with Crippen molar-refractivity contribution in [2.24, 2.45) is 5.92 Å². The summed E-state index contributed by atoms with van der Waals surface area (Å²) in [5.74, 6) is 0.501. The number of likely N-dealkylation sites (tertiary alicyclic amines) is 1. The van der Waals surface area contributed by atoms with Crippen molar-refractivity contribution in [2.45, 2.75) is 50.4 Å². The molecule has 1 saturated carbocycles. The molecule has 5 heteroatoms. The van der Waals surface area contributed by atoms with Crippen molar-refractivity contribution in [1.82, 2.24) is 4.90 Å². The smallest absolute Gasteiger partial charge is 0.230 e. The van der Waals surface area contributed by atoms with E-state index in [4.69, 9.17) is 9.47 Å². The minimum Gasteiger partial charge on any atom is -0.378 e. The third-order valence-corrected chi connectivity index (χ3v) is 6.72. The largest absolute Gasteiger partial charge is 0.378 e. The summed E-state index contributed by atoms with van der Waals surface area (Å²) < 4.78 is 11.9. The fourth-order valence-electron chi connectivity index (χ4n) is 5.00. The zero-order chi connectivity index (χ0) is 17.6. The number of anilines is 1. The molecule has 2 saturated heterocycles. The van der Waals surface area contributed by atoms with Crippen LogP contribution >= 0.6 is 0 Å². The van der Waals surface area contributed by atoms with Crippen LogP contribution in [0.3, 0.4) is 0 Å². The molecule has 0 radical (unpaired) electrons.